The minimum Gasteiger partial charge on any atom is -0.497 e. The van der Waals surface area contributed by atoms with Gasteiger partial charge < -0.3 is 19.3 Å². The molecule has 0 fully saturated rings. The Balaban J connectivity index is 2.05. The predicted molar refractivity (Wildman–Crippen MR) is 83.0 cm³/mol. The Hall–Kier alpha value is -2.68. The Morgan fingerprint density at radius 2 is 1.91 bits per heavy atom. The maximum Gasteiger partial charge on any atom is 0.225 e. The first-order valence-corrected chi connectivity index (χ1v) is 6.84. The highest BCUT2D eigenvalue weighted by atomic mass is 16.6. The molecule has 0 spiro atoms. The second kappa shape index (κ2) is 5.60. The van der Waals surface area contributed by atoms with E-state index in [4.69, 9.17) is 14.2 Å². The van der Waals surface area contributed by atoms with Gasteiger partial charge in [-0.2, -0.15) is 0 Å². The zero-order chi connectivity index (χ0) is 15.7. The number of fused-ring (bicyclic) bond motifs is 3. The molecule has 0 aromatic heterocycles. The van der Waals surface area contributed by atoms with Crippen LogP contribution in [0.15, 0.2) is 54.5 Å². The van der Waals surface area contributed by atoms with Crippen LogP contribution in [-0.4, -0.2) is 12.2 Å². The molecule has 1 N–H and O–H groups in total. The topological polar surface area (TPSA) is 47.9 Å². The summed E-state index contributed by atoms with van der Waals surface area (Å²) in [6, 6.07) is 11.0. The van der Waals surface area contributed by atoms with Gasteiger partial charge in [-0.25, -0.2) is 0 Å². The van der Waals surface area contributed by atoms with Crippen molar-refractivity contribution in [3.05, 3.63) is 60.0 Å². The molecule has 0 saturated heterocycles. The summed E-state index contributed by atoms with van der Waals surface area (Å²) in [6.07, 6.45) is -1.04. The molecule has 3 rings (SSSR count). The highest BCUT2D eigenvalue weighted by molar-refractivity contribution is 5.77. The van der Waals surface area contributed by atoms with Gasteiger partial charge >= 0.3 is 0 Å². The number of hydrogen-bond acceptors (Lipinski definition) is 4. The van der Waals surface area contributed by atoms with E-state index in [2.05, 4.69) is 12.3 Å². The van der Waals surface area contributed by atoms with E-state index in [1.54, 1.807) is 26.2 Å². The fourth-order valence-corrected chi connectivity index (χ4v) is 2.40. The molecule has 0 saturated carbocycles. The van der Waals surface area contributed by atoms with Gasteiger partial charge in [0, 0.05) is 24.1 Å². The summed E-state index contributed by atoms with van der Waals surface area (Å²) < 4.78 is 16.3. The van der Waals surface area contributed by atoms with Crippen LogP contribution in [0.25, 0.3) is 11.1 Å². The first kappa shape index (κ1) is 14.3. The zero-order valence-corrected chi connectivity index (χ0v) is 12.4. The van der Waals surface area contributed by atoms with E-state index in [1.807, 2.05) is 24.3 Å². The molecule has 22 heavy (non-hydrogen) atoms. The van der Waals surface area contributed by atoms with E-state index in [9.17, 15) is 5.11 Å². The van der Waals surface area contributed by atoms with E-state index in [0.29, 0.717) is 28.6 Å². The second-order valence-electron chi connectivity index (χ2n) is 4.92. The van der Waals surface area contributed by atoms with Gasteiger partial charge in [0.15, 0.2) is 0 Å². The van der Waals surface area contributed by atoms with E-state index >= 15 is 0 Å². The van der Waals surface area contributed by atoms with E-state index < -0.39 is 6.29 Å². The number of rotatable bonds is 3. The Morgan fingerprint density at radius 3 is 2.64 bits per heavy atom. The van der Waals surface area contributed by atoms with Crippen molar-refractivity contribution >= 4 is 0 Å². The van der Waals surface area contributed by atoms with Crippen LogP contribution in [-0.2, 0) is 0 Å². The number of hydrogen-bond donors (Lipinski definition) is 1. The van der Waals surface area contributed by atoms with E-state index in [0.717, 1.165) is 11.1 Å². The van der Waals surface area contributed by atoms with Crippen LogP contribution in [0.4, 0.5) is 0 Å². The Morgan fingerprint density at radius 1 is 1.18 bits per heavy atom. The van der Waals surface area contributed by atoms with Crippen LogP contribution in [0.1, 0.15) is 18.8 Å². The molecule has 1 atom stereocenters. The third kappa shape index (κ3) is 2.46. The zero-order valence-electron chi connectivity index (χ0n) is 12.4. The van der Waals surface area contributed by atoms with Crippen LogP contribution >= 0.6 is 0 Å². The summed E-state index contributed by atoms with van der Waals surface area (Å²) >= 11 is 0. The molecule has 1 heterocycles. The quantitative estimate of drug-likeness (QED) is 0.691. The second-order valence-corrected chi connectivity index (χ2v) is 4.92. The monoisotopic (exact) mass is 296 g/mol. The van der Waals surface area contributed by atoms with Crippen molar-refractivity contribution in [3.63, 3.8) is 0 Å². The van der Waals surface area contributed by atoms with Crippen LogP contribution in [0.5, 0.6) is 17.2 Å². The van der Waals surface area contributed by atoms with E-state index in [1.165, 1.54) is 0 Å². The fraction of sp³-hybridized carbons (Fsp3) is 0.167. The first-order chi connectivity index (χ1) is 10.6. The molecule has 2 aromatic carbocycles. The van der Waals surface area contributed by atoms with Crippen molar-refractivity contribution in [1.82, 2.24) is 0 Å². The third-order valence-corrected chi connectivity index (χ3v) is 3.53. The van der Waals surface area contributed by atoms with Gasteiger partial charge in [0.25, 0.3) is 0 Å². The molecular formula is C18H16O4. The van der Waals surface area contributed by atoms with Gasteiger partial charge in [-0.1, -0.05) is 18.4 Å². The lowest BCUT2D eigenvalue weighted by molar-refractivity contribution is -0.0215. The van der Waals surface area contributed by atoms with Gasteiger partial charge in [0.1, 0.15) is 23.0 Å². The predicted octanol–water partition coefficient (Wildman–Crippen LogP) is 3.81. The molecular weight excluding hydrogens is 280 g/mol. The van der Waals surface area contributed by atoms with Crippen molar-refractivity contribution in [2.45, 2.75) is 13.2 Å². The van der Waals surface area contributed by atoms with Gasteiger partial charge in [-0.15, -0.1) is 0 Å². The van der Waals surface area contributed by atoms with Crippen LogP contribution in [0, 0.1) is 0 Å². The van der Waals surface area contributed by atoms with Crippen LogP contribution in [0.2, 0.25) is 0 Å². The summed E-state index contributed by atoms with van der Waals surface area (Å²) in [5.41, 5.74) is 5.17. The molecule has 4 nitrogen and oxygen atoms in total. The van der Waals surface area contributed by atoms with Crippen molar-refractivity contribution in [3.8, 4) is 28.4 Å². The molecule has 1 aliphatic heterocycles. The number of ether oxygens (including phenoxy) is 3. The molecule has 1 aliphatic rings. The molecule has 0 unspecified atom stereocenters. The summed E-state index contributed by atoms with van der Waals surface area (Å²) in [4.78, 5) is 0. The lowest BCUT2D eigenvalue weighted by atomic mass is 9.96. The maximum atomic E-state index is 10.2. The summed E-state index contributed by atoms with van der Waals surface area (Å²) in [7, 11) is 1.59. The number of allylic oxidation sites excluding steroid dienone is 1. The lowest BCUT2D eigenvalue weighted by Crippen LogP contribution is -2.13. The van der Waals surface area contributed by atoms with Crippen molar-refractivity contribution in [2.24, 2.45) is 0 Å². The Kier molecular flexibility index (Phi) is 3.63. The number of benzene rings is 2. The number of methoxy groups -OCH3 is 1. The fourth-order valence-electron chi connectivity index (χ4n) is 2.40. The highest BCUT2D eigenvalue weighted by Gasteiger charge is 2.25. The van der Waals surface area contributed by atoms with Crippen molar-refractivity contribution in [2.75, 3.05) is 7.11 Å². The summed E-state index contributed by atoms with van der Waals surface area (Å²) in [5.74, 6) is 2.43. The maximum absolute atomic E-state index is 10.2. The van der Waals surface area contributed by atoms with Gasteiger partial charge in [0.2, 0.25) is 6.29 Å². The molecule has 0 amide bonds. The van der Waals surface area contributed by atoms with Crippen molar-refractivity contribution in [1.29, 1.82) is 0 Å². The number of aliphatic hydroxyl groups excluding tert-OH is 1. The van der Waals surface area contributed by atoms with Crippen LogP contribution in [0.3, 0.4) is 0 Å². The molecule has 4 heteroatoms. The smallest absolute Gasteiger partial charge is 0.225 e. The normalized spacial score (nSPS) is 15.0. The molecule has 2 aromatic rings. The SMILES string of the molecule is C=C=C(C)Oc1ccc2c(c1)O[C@H](O)c1cc(OC)ccc1-2. The van der Waals surface area contributed by atoms with Gasteiger partial charge in [-0.05, 0) is 29.8 Å². The molecule has 0 bridgehead atoms. The lowest BCUT2D eigenvalue weighted by Gasteiger charge is -2.26. The minimum atomic E-state index is -1.04. The Bertz CT molecular complexity index is 773. The minimum absolute atomic E-state index is 0.569. The average molecular weight is 296 g/mol. The summed E-state index contributed by atoms with van der Waals surface area (Å²) in [6.45, 7) is 5.30. The molecule has 0 aliphatic carbocycles. The van der Waals surface area contributed by atoms with Gasteiger partial charge in [0.05, 0.1) is 7.11 Å². The van der Waals surface area contributed by atoms with Gasteiger partial charge in [-0.3, -0.25) is 0 Å². The summed E-state index contributed by atoms with van der Waals surface area (Å²) in [5, 5.41) is 10.2. The van der Waals surface area contributed by atoms with Crippen LogP contribution < -0.4 is 14.2 Å². The molecule has 0 radical (unpaired) electrons. The standard InChI is InChI=1S/C18H16O4/c1-4-11(2)21-13-6-8-15-14-7-5-12(20-3)9-16(14)18(19)22-17(15)10-13/h5-10,18-19H,1H2,2-3H3/t18-/m0/s1. The van der Waals surface area contributed by atoms with E-state index in [-0.39, 0.29) is 0 Å². The Labute approximate surface area is 128 Å². The first-order valence-electron chi connectivity index (χ1n) is 6.84. The highest BCUT2D eigenvalue weighted by Crippen LogP contribution is 2.44. The van der Waals surface area contributed by atoms with Crippen molar-refractivity contribution < 1.29 is 19.3 Å². The molecule has 112 valence electrons. The third-order valence-electron chi connectivity index (χ3n) is 3.53. The average Bonchev–Trinajstić information content (AvgIpc) is 2.54. The largest absolute Gasteiger partial charge is 0.497 e. The number of aliphatic hydroxyl groups is 1.